The molecule has 2 N–H and O–H groups in total. The summed E-state index contributed by atoms with van der Waals surface area (Å²) in [6.07, 6.45) is 1.37. The largest absolute Gasteiger partial charge is 0.381 e. The molecule has 1 aliphatic heterocycles. The van der Waals surface area contributed by atoms with E-state index in [0.717, 1.165) is 0 Å². The first-order valence-electron chi connectivity index (χ1n) is 7.57. The van der Waals surface area contributed by atoms with Gasteiger partial charge >= 0.3 is 0 Å². The lowest BCUT2D eigenvalue weighted by molar-refractivity contribution is -0.122. The third kappa shape index (κ3) is 4.93. The fraction of sp³-hybridized carbons (Fsp3) is 0.500. The summed E-state index contributed by atoms with van der Waals surface area (Å²) < 4.78 is 5.86. The lowest BCUT2D eigenvalue weighted by Gasteiger charge is -2.22. The number of carbonyl (C=O) groups excluding carboxylic acids is 2. The van der Waals surface area contributed by atoms with Crippen LogP contribution in [0.15, 0.2) is 16.6 Å². The van der Waals surface area contributed by atoms with E-state index in [9.17, 15) is 9.59 Å². The van der Waals surface area contributed by atoms with Crippen LogP contribution in [-0.2, 0) is 9.53 Å². The van der Waals surface area contributed by atoms with Gasteiger partial charge in [0.25, 0.3) is 5.91 Å². The SMILES string of the molecule is CC(C)NC(=O)c1cc(Cl)cc(Br)c1NC(=O)C1CCOCC1. The van der Waals surface area contributed by atoms with Gasteiger partial charge in [-0.25, -0.2) is 0 Å². The summed E-state index contributed by atoms with van der Waals surface area (Å²) in [5.74, 6) is -0.479. The van der Waals surface area contributed by atoms with Crippen molar-refractivity contribution in [3.05, 3.63) is 27.2 Å². The Kier molecular flexibility index (Phi) is 6.44. The number of hydrogen-bond acceptors (Lipinski definition) is 3. The fourth-order valence-corrected chi connectivity index (χ4v) is 3.31. The second kappa shape index (κ2) is 8.13. The highest BCUT2D eigenvalue weighted by atomic mass is 79.9. The normalized spacial score (nSPS) is 15.5. The zero-order chi connectivity index (χ0) is 17.0. The van der Waals surface area contributed by atoms with Crippen LogP contribution >= 0.6 is 27.5 Å². The van der Waals surface area contributed by atoms with E-state index in [2.05, 4.69) is 26.6 Å². The van der Waals surface area contributed by atoms with Crippen LogP contribution in [0, 0.1) is 5.92 Å². The summed E-state index contributed by atoms with van der Waals surface area (Å²) in [5.41, 5.74) is 0.794. The van der Waals surface area contributed by atoms with Gasteiger partial charge in [0.15, 0.2) is 0 Å². The van der Waals surface area contributed by atoms with E-state index >= 15 is 0 Å². The molecule has 2 rings (SSSR count). The minimum Gasteiger partial charge on any atom is -0.381 e. The van der Waals surface area contributed by atoms with Crippen molar-refractivity contribution in [3.8, 4) is 0 Å². The Labute approximate surface area is 149 Å². The highest BCUT2D eigenvalue weighted by Gasteiger charge is 2.24. The Hall–Kier alpha value is -1.11. The van der Waals surface area contributed by atoms with Crippen molar-refractivity contribution in [3.63, 3.8) is 0 Å². The molecule has 0 atom stereocenters. The molecular formula is C16H20BrClN2O3. The molecule has 1 fully saturated rings. The number of ether oxygens (including phenoxy) is 1. The van der Waals surface area contributed by atoms with Crippen molar-refractivity contribution in [2.45, 2.75) is 32.7 Å². The van der Waals surface area contributed by atoms with Crippen LogP contribution in [0.2, 0.25) is 5.02 Å². The first-order valence-corrected chi connectivity index (χ1v) is 8.74. The number of amides is 2. The van der Waals surface area contributed by atoms with Gasteiger partial charge in [-0.2, -0.15) is 0 Å². The summed E-state index contributed by atoms with van der Waals surface area (Å²) in [6, 6.07) is 3.20. The molecule has 1 aromatic carbocycles. The van der Waals surface area contributed by atoms with Crippen LogP contribution in [-0.4, -0.2) is 31.1 Å². The van der Waals surface area contributed by atoms with Gasteiger partial charge in [0.05, 0.1) is 11.3 Å². The number of benzene rings is 1. The molecule has 0 saturated carbocycles. The number of nitrogens with one attached hydrogen (secondary N) is 2. The van der Waals surface area contributed by atoms with E-state index in [-0.39, 0.29) is 23.8 Å². The van der Waals surface area contributed by atoms with E-state index in [1.807, 2.05) is 13.8 Å². The van der Waals surface area contributed by atoms with Gasteiger partial charge < -0.3 is 15.4 Å². The molecular weight excluding hydrogens is 384 g/mol. The predicted molar refractivity (Wildman–Crippen MR) is 93.9 cm³/mol. The second-order valence-electron chi connectivity index (χ2n) is 5.81. The maximum atomic E-state index is 12.4. The molecule has 5 nitrogen and oxygen atoms in total. The highest BCUT2D eigenvalue weighted by molar-refractivity contribution is 9.10. The standard InChI is InChI=1S/C16H20BrClN2O3/c1-9(2)19-16(22)12-7-11(18)8-13(17)14(12)20-15(21)10-3-5-23-6-4-10/h7-10H,3-6H2,1-2H3,(H,19,22)(H,20,21). The fourth-order valence-electron chi connectivity index (χ4n) is 2.40. The van der Waals surface area contributed by atoms with Crippen LogP contribution in [0.25, 0.3) is 0 Å². The van der Waals surface area contributed by atoms with Crippen LogP contribution in [0.4, 0.5) is 5.69 Å². The summed E-state index contributed by atoms with van der Waals surface area (Å²) in [4.78, 5) is 24.8. The lowest BCUT2D eigenvalue weighted by atomic mass is 9.99. The van der Waals surface area contributed by atoms with Gasteiger partial charge in [0.2, 0.25) is 5.91 Å². The molecule has 0 aliphatic carbocycles. The molecule has 1 saturated heterocycles. The third-order valence-electron chi connectivity index (χ3n) is 3.56. The number of rotatable bonds is 4. The van der Waals surface area contributed by atoms with Gasteiger partial charge in [-0.1, -0.05) is 11.6 Å². The topological polar surface area (TPSA) is 67.4 Å². The second-order valence-corrected chi connectivity index (χ2v) is 7.11. The Morgan fingerprint density at radius 2 is 1.96 bits per heavy atom. The van der Waals surface area contributed by atoms with E-state index in [4.69, 9.17) is 16.3 Å². The molecule has 0 radical (unpaired) electrons. The average molecular weight is 404 g/mol. The zero-order valence-electron chi connectivity index (χ0n) is 13.1. The van der Waals surface area contributed by atoms with Gasteiger partial charge in [0.1, 0.15) is 0 Å². The van der Waals surface area contributed by atoms with Crippen molar-refractivity contribution >= 4 is 45.0 Å². The molecule has 1 aromatic rings. The molecule has 1 heterocycles. The maximum absolute atomic E-state index is 12.4. The number of halogens is 2. The molecule has 0 bridgehead atoms. The summed E-state index contributed by atoms with van der Waals surface area (Å²) in [6.45, 7) is 4.91. The van der Waals surface area contributed by atoms with Crippen molar-refractivity contribution in [2.24, 2.45) is 5.92 Å². The molecule has 126 valence electrons. The summed E-state index contributed by atoms with van der Waals surface area (Å²) in [7, 11) is 0. The average Bonchev–Trinajstić information content (AvgIpc) is 2.49. The van der Waals surface area contributed by atoms with Gasteiger partial charge in [-0.15, -0.1) is 0 Å². The van der Waals surface area contributed by atoms with Crippen molar-refractivity contribution in [1.82, 2.24) is 5.32 Å². The molecule has 23 heavy (non-hydrogen) atoms. The third-order valence-corrected chi connectivity index (χ3v) is 4.40. The van der Waals surface area contributed by atoms with Gasteiger partial charge in [0, 0.05) is 34.7 Å². The zero-order valence-corrected chi connectivity index (χ0v) is 15.5. The Morgan fingerprint density at radius 1 is 1.30 bits per heavy atom. The Balaban J connectivity index is 2.25. The van der Waals surface area contributed by atoms with E-state index in [0.29, 0.717) is 46.8 Å². The number of hydrogen-bond donors (Lipinski definition) is 2. The first kappa shape index (κ1) is 18.2. The summed E-state index contributed by atoms with van der Waals surface area (Å²) >= 11 is 9.43. The van der Waals surface area contributed by atoms with Crippen molar-refractivity contribution < 1.29 is 14.3 Å². The molecule has 0 spiro atoms. The van der Waals surface area contributed by atoms with E-state index in [1.165, 1.54) is 0 Å². The van der Waals surface area contributed by atoms with Crippen LogP contribution < -0.4 is 10.6 Å². The summed E-state index contributed by atoms with van der Waals surface area (Å²) in [5, 5.41) is 6.11. The molecule has 0 unspecified atom stereocenters. The van der Waals surface area contributed by atoms with Crippen LogP contribution in [0.1, 0.15) is 37.0 Å². The first-order chi connectivity index (χ1) is 10.9. The Bertz CT molecular complexity index is 601. The van der Waals surface area contributed by atoms with Crippen molar-refractivity contribution in [1.29, 1.82) is 0 Å². The van der Waals surface area contributed by atoms with Crippen molar-refractivity contribution in [2.75, 3.05) is 18.5 Å². The number of anilines is 1. The van der Waals surface area contributed by atoms with Crippen LogP contribution in [0.3, 0.4) is 0 Å². The molecule has 1 aliphatic rings. The van der Waals surface area contributed by atoms with Gasteiger partial charge in [-0.05, 0) is 54.8 Å². The number of carbonyl (C=O) groups is 2. The molecule has 7 heteroatoms. The highest BCUT2D eigenvalue weighted by Crippen LogP contribution is 2.31. The minimum absolute atomic E-state index is 0.0145. The van der Waals surface area contributed by atoms with Gasteiger partial charge in [-0.3, -0.25) is 9.59 Å². The monoisotopic (exact) mass is 402 g/mol. The molecule has 2 amide bonds. The van der Waals surface area contributed by atoms with Crippen LogP contribution in [0.5, 0.6) is 0 Å². The molecule has 0 aromatic heterocycles. The maximum Gasteiger partial charge on any atom is 0.253 e. The minimum atomic E-state index is -0.273. The quantitative estimate of drug-likeness (QED) is 0.807. The van der Waals surface area contributed by atoms with E-state index in [1.54, 1.807) is 12.1 Å². The smallest absolute Gasteiger partial charge is 0.253 e. The van der Waals surface area contributed by atoms with E-state index < -0.39 is 0 Å². The lowest BCUT2D eigenvalue weighted by Crippen LogP contribution is -2.32. The Morgan fingerprint density at radius 3 is 2.57 bits per heavy atom. The predicted octanol–water partition coefficient (Wildman–Crippen LogP) is 3.61.